The molecule has 1 aromatic carbocycles. The topological polar surface area (TPSA) is 34.1 Å². The van der Waals surface area contributed by atoms with Gasteiger partial charge in [-0.3, -0.25) is 0 Å². The first kappa shape index (κ1) is 9.55. The van der Waals surface area contributed by atoms with E-state index in [2.05, 4.69) is 0 Å². The lowest BCUT2D eigenvalue weighted by molar-refractivity contribution is 0.606. The molecule has 0 amide bonds. The summed E-state index contributed by atoms with van der Waals surface area (Å²) in [5.74, 6) is 0. The molecule has 0 spiro atoms. The zero-order chi connectivity index (χ0) is 9.14. The van der Waals surface area contributed by atoms with Crippen molar-refractivity contribution < 1.29 is 8.42 Å². The smallest absolute Gasteiger partial charge is 0.146 e. The third-order valence-corrected chi connectivity index (χ3v) is 2.85. The lowest BCUT2D eigenvalue weighted by atomic mass is 10.2. The standard InChI is InChI=1S/C8H9ClO2S/c1-6(12(10)11)7-2-4-8(9)5-3-7/h2-6,12H,1H3. The van der Waals surface area contributed by atoms with Crippen molar-refractivity contribution in [3.05, 3.63) is 34.9 Å². The summed E-state index contributed by atoms with van der Waals surface area (Å²) in [6.45, 7) is 1.65. The SMILES string of the molecule is CC(c1ccc(Cl)cc1)[SH](=O)=O. The first-order valence-electron chi connectivity index (χ1n) is 3.50. The van der Waals surface area contributed by atoms with E-state index in [0.29, 0.717) is 5.02 Å². The highest BCUT2D eigenvalue weighted by molar-refractivity contribution is 7.72. The van der Waals surface area contributed by atoms with Gasteiger partial charge in [-0.1, -0.05) is 23.7 Å². The third kappa shape index (κ3) is 2.22. The fourth-order valence-corrected chi connectivity index (χ4v) is 1.40. The van der Waals surface area contributed by atoms with Crippen LogP contribution in [-0.4, -0.2) is 8.42 Å². The van der Waals surface area contributed by atoms with Gasteiger partial charge in [-0.25, -0.2) is 8.42 Å². The first-order chi connectivity index (χ1) is 5.61. The van der Waals surface area contributed by atoms with Crippen LogP contribution in [-0.2, 0) is 10.7 Å². The third-order valence-electron chi connectivity index (χ3n) is 1.67. The van der Waals surface area contributed by atoms with E-state index in [1.807, 2.05) is 0 Å². The van der Waals surface area contributed by atoms with E-state index in [-0.39, 0.29) is 0 Å². The monoisotopic (exact) mass is 204 g/mol. The van der Waals surface area contributed by atoms with Crippen LogP contribution in [0.15, 0.2) is 24.3 Å². The van der Waals surface area contributed by atoms with Crippen molar-refractivity contribution in [2.24, 2.45) is 0 Å². The Hall–Kier alpha value is -0.540. The van der Waals surface area contributed by atoms with E-state index in [1.54, 1.807) is 31.2 Å². The van der Waals surface area contributed by atoms with Crippen LogP contribution in [0.3, 0.4) is 0 Å². The summed E-state index contributed by atoms with van der Waals surface area (Å²) in [4.78, 5) is 0. The largest absolute Gasteiger partial charge is 0.231 e. The van der Waals surface area contributed by atoms with Gasteiger partial charge >= 0.3 is 0 Å². The van der Waals surface area contributed by atoms with Crippen LogP contribution in [0.2, 0.25) is 5.02 Å². The molecule has 0 saturated heterocycles. The molecule has 1 aromatic rings. The van der Waals surface area contributed by atoms with E-state index in [0.717, 1.165) is 5.56 Å². The van der Waals surface area contributed by atoms with Crippen molar-refractivity contribution in [3.8, 4) is 0 Å². The minimum Gasteiger partial charge on any atom is -0.231 e. The molecule has 0 heterocycles. The summed E-state index contributed by atoms with van der Waals surface area (Å²) < 4.78 is 21.2. The normalized spacial score (nSPS) is 13.2. The average Bonchev–Trinajstić information content (AvgIpc) is 2.04. The van der Waals surface area contributed by atoms with Gasteiger partial charge in [-0.15, -0.1) is 0 Å². The maximum atomic E-state index is 10.6. The molecule has 0 radical (unpaired) electrons. The van der Waals surface area contributed by atoms with Crippen LogP contribution in [0.1, 0.15) is 17.7 Å². The molecule has 0 N–H and O–H groups in total. The van der Waals surface area contributed by atoms with Gasteiger partial charge in [0.25, 0.3) is 0 Å². The number of hydrogen-bond donors (Lipinski definition) is 1. The molecule has 0 fully saturated rings. The molecule has 2 nitrogen and oxygen atoms in total. The Morgan fingerprint density at radius 3 is 2.17 bits per heavy atom. The number of benzene rings is 1. The quantitative estimate of drug-likeness (QED) is 0.748. The number of hydrogen-bond acceptors (Lipinski definition) is 2. The number of thiol groups is 1. The molecule has 0 aliphatic carbocycles. The lowest BCUT2D eigenvalue weighted by Crippen LogP contribution is -1.93. The van der Waals surface area contributed by atoms with Crippen LogP contribution in [0.25, 0.3) is 0 Å². The van der Waals surface area contributed by atoms with E-state index in [9.17, 15) is 8.42 Å². The van der Waals surface area contributed by atoms with Crippen LogP contribution in [0.4, 0.5) is 0 Å². The second-order valence-electron chi connectivity index (χ2n) is 2.51. The Bertz CT molecular complexity index is 321. The van der Waals surface area contributed by atoms with Gasteiger partial charge in [0, 0.05) is 5.02 Å². The molecule has 0 aromatic heterocycles. The minimum absolute atomic E-state index is 0.433. The van der Waals surface area contributed by atoms with Crippen LogP contribution >= 0.6 is 11.6 Å². The predicted molar refractivity (Wildman–Crippen MR) is 50.2 cm³/mol. The Labute approximate surface area is 78.1 Å². The molecular formula is C8H9ClO2S. The van der Waals surface area contributed by atoms with Gasteiger partial charge in [0.15, 0.2) is 0 Å². The Morgan fingerprint density at radius 2 is 1.75 bits per heavy atom. The Balaban J connectivity index is 2.97. The number of rotatable bonds is 2. The fraction of sp³-hybridized carbons (Fsp3) is 0.250. The lowest BCUT2D eigenvalue weighted by Gasteiger charge is -2.02. The number of halogens is 1. The zero-order valence-corrected chi connectivity index (χ0v) is 8.18. The molecule has 1 unspecified atom stereocenters. The van der Waals surface area contributed by atoms with E-state index in [1.165, 1.54) is 0 Å². The molecule has 66 valence electrons. The zero-order valence-electron chi connectivity index (χ0n) is 6.53. The van der Waals surface area contributed by atoms with Crippen molar-refractivity contribution in [2.75, 3.05) is 0 Å². The molecule has 0 aliphatic rings. The summed E-state index contributed by atoms with van der Waals surface area (Å²) in [6.07, 6.45) is 0. The van der Waals surface area contributed by atoms with E-state index >= 15 is 0 Å². The predicted octanol–water partition coefficient (Wildman–Crippen LogP) is 2.01. The van der Waals surface area contributed by atoms with Crippen LogP contribution < -0.4 is 0 Å². The molecule has 1 atom stereocenters. The van der Waals surface area contributed by atoms with Crippen molar-refractivity contribution in [3.63, 3.8) is 0 Å². The van der Waals surface area contributed by atoms with Crippen molar-refractivity contribution in [1.82, 2.24) is 0 Å². The van der Waals surface area contributed by atoms with Gasteiger partial charge < -0.3 is 0 Å². The summed E-state index contributed by atoms with van der Waals surface area (Å²) in [7, 11) is -2.39. The molecule has 0 aliphatic heterocycles. The average molecular weight is 205 g/mol. The maximum absolute atomic E-state index is 10.6. The highest BCUT2D eigenvalue weighted by Gasteiger charge is 2.06. The highest BCUT2D eigenvalue weighted by atomic mass is 35.5. The van der Waals surface area contributed by atoms with Crippen molar-refractivity contribution >= 4 is 22.3 Å². The van der Waals surface area contributed by atoms with Gasteiger partial charge in [0.2, 0.25) is 0 Å². The van der Waals surface area contributed by atoms with E-state index < -0.39 is 16.0 Å². The first-order valence-corrected chi connectivity index (χ1v) is 5.12. The van der Waals surface area contributed by atoms with Gasteiger partial charge in [-0.05, 0) is 24.6 Å². The van der Waals surface area contributed by atoms with Gasteiger partial charge in [-0.2, -0.15) is 0 Å². The minimum atomic E-state index is -2.39. The molecule has 0 saturated carbocycles. The Morgan fingerprint density at radius 1 is 1.25 bits per heavy atom. The molecule has 12 heavy (non-hydrogen) atoms. The van der Waals surface area contributed by atoms with Gasteiger partial charge in [0.1, 0.15) is 10.7 Å². The summed E-state index contributed by atoms with van der Waals surface area (Å²) in [6, 6.07) is 6.81. The highest BCUT2D eigenvalue weighted by Crippen LogP contribution is 2.18. The van der Waals surface area contributed by atoms with Crippen LogP contribution in [0, 0.1) is 0 Å². The summed E-state index contributed by atoms with van der Waals surface area (Å²) in [5.41, 5.74) is 0.774. The summed E-state index contributed by atoms with van der Waals surface area (Å²) >= 11 is 5.64. The molecule has 0 bridgehead atoms. The fourth-order valence-electron chi connectivity index (χ4n) is 0.863. The second-order valence-corrected chi connectivity index (χ2v) is 4.29. The Kier molecular flexibility index (Phi) is 3.12. The van der Waals surface area contributed by atoms with Crippen molar-refractivity contribution in [1.29, 1.82) is 0 Å². The maximum Gasteiger partial charge on any atom is 0.146 e. The molecule has 1 rings (SSSR count). The molecular weight excluding hydrogens is 196 g/mol. The van der Waals surface area contributed by atoms with Crippen LogP contribution in [0.5, 0.6) is 0 Å². The van der Waals surface area contributed by atoms with E-state index in [4.69, 9.17) is 11.6 Å². The molecule has 4 heteroatoms. The van der Waals surface area contributed by atoms with Crippen molar-refractivity contribution in [2.45, 2.75) is 12.2 Å². The summed E-state index contributed by atoms with van der Waals surface area (Å²) in [5, 5.41) is 0.185. The second kappa shape index (κ2) is 3.92. The van der Waals surface area contributed by atoms with Gasteiger partial charge in [0.05, 0.1) is 5.25 Å².